The van der Waals surface area contributed by atoms with Gasteiger partial charge in [0.2, 0.25) is 5.89 Å². The van der Waals surface area contributed by atoms with Crippen molar-refractivity contribution in [3.05, 3.63) is 52.0 Å². The molecule has 3 fully saturated rings. The second-order valence-electron chi connectivity index (χ2n) is 7.51. The van der Waals surface area contributed by atoms with Crippen molar-refractivity contribution in [1.29, 1.82) is 0 Å². The lowest BCUT2D eigenvalue weighted by molar-refractivity contribution is 0.0621. The highest BCUT2D eigenvalue weighted by molar-refractivity contribution is 6.36. The fraction of sp³-hybridized carbons (Fsp3) is 0.333. The van der Waals surface area contributed by atoms with Crippen molar-refractivity contribution in [2.75, 3.05) is 19.6 Å². The van der Waals surface area contributed by atoms with Crippen molar-refractivity contribution in [3.8, 4) is 11.5 Å². The van der Waals surface area contributed by atoms with E-state index in [0.29, 0.717) is 44.1 Å². The molecule has 0 spiro atoms. The van der Waals surface area contributed by atoms with Gasteiger partial charge in [0.1, 0.15) is 5.52 Å². The SMILES string of the molecule is O=C(NC1CN2CCC1CC2)c1cccc2oc(-c3ccc(Cl)cc3Cl)nc12. The van der Waals surface area contributed by atoms with E-state index in [2.05, 4.69) is 15.2 Å². The summed E-state index contributed by atoms with van der Waals surface area (Å²) in [4.78, 5) is 20.0. The van der Waals surface area contributed by atoms with E-state index < -0.39 is 0 Å². The summed E-state index contributed by atoms with van der Waals surface area (Å²) in [6.45, 7) is 3.21. The molecule has 1 unspecified atom stereocenters. The average molecular weight is 416 g/mol. The zero-order chi connectivity index (χ0) is 19.3. The van der Waals surface area contributed by atoms with Crippen LogP contribution in [0, 0.1) is 5.92 Å². The monoisotopic (exact) mass is 415 g/mol. The fourth-order valence-electron chi connectivity index (χ4n) is 4.28. The van der Waals surface area contributed by atoms with Gasteiger partial charge in [-0.1, -0.05) is 29.3 Å². The number of piperidine rings is 3. The van der Waals surface area contributed by atoms with E-state index in [-0.39, 0.29) is 11.9 Å². The van der Waals surface area contributed by atoms with Crippen molar-refractivity contribution in [2.45, 2.75) is 18.9 Å². The van der Waals surface area contributed by atoms with Crippen LogP contribution < -0.4 is 5.32 Å². The first-order chi connectivity index (χ1) is 13.6. The highest BCUT2D eigenvalue weighted by Crippen LogP contribution is 2.33. The predicted octanol–water partition coefficient (Wildman–Crippen LogP) is 4.63. The summed E-state index contributed by atoms with van der Waals surface area (Å²) in [5.74, 6) is 0.833. The molecule has 2 bridgehead atoms. The third-order valence-corrected chi connectivity index (χ3v) is 6.35. The highest BCUT2D eigenvalue weighted by Gasteiger charge is 2.35. The molecule has 4 heterocycles. The number of rotatable bonds is 3. The first-order valence-electron chi connectivity index (χ1n) is 9.47. The molecule has 7 heteroatoms. The Morgan fingerprint density at radius 2 is 2.00 bits per heavy atom. The van der Waals surface area contributed by atoms with Crippen LogP contribution in [0.4, 0.5) is 0 Å². The quantitative estimate of drug-likeness (QED) is 0.677. The lowest BCUT2D eigenvalue weighted by Gasteiger charge is -2.44. The van der Waals surface area contributed by atoms with Gasteiger partial charge in [0.15, 0.2) is 5.58 Å². The number of hydrogen-bond donors (Lipinski definition) is 1. The van der Waals surface area contributed by atoms with Crippen molar-refractivity contribution in [3.63, 3.8) is 0 Å². The second-order valence-corrected chi connectivity index (χ2v) is 8.36. The molecule has 3 saturated heterocycles. The Morgan fingerprint density at radius 3 is 2.71 bits per heavy atom. The summed E-state index contributed by atoms with van der Waals surface area (Å²) in [7, 11) is 0. The van der Waals surface area contributed by atoms with Gasteiger partial charge in [0.05, 0.1) is 16.1 Å². The van der Waals surface area contributed by atoms with E-state index in [4.69, 9.17) is 27.6 Å². The van der Waals surface area contributed by atoms with E-state index in [1.54, 1.807) is 30.3 Å². The van der Waals surface area contributed by atoms with Crippen LogP contribution in [-0.4, -0.2) is 41.5 Å². The number of hydrogen-bond acceptors (Lipinski definition) is 4. The number of amides is 1. The summed E-state index contributed by atoms with van der Waals surface area (Å²) in [6, 6.07) is 10.7. The van der Waals surface area contributed by atoms with Gasteiger partial charge in [-0.25, -0.2) is 4.98 Å². The van der Waals surface area contributed by atoms with E-state index in [9.17, 15) is 4.79 Å². The fourth-order valence-corrected chi connectivity index (χ4v) is 4.77. The van der Waals surface area contributed by atoms with Crippen LogP contribution >= 0.6 is 23.2 Å². The number of carbonyl (C=O) groups excluding carboxylic acids is 1. The lowest BCUT2D eigenvalue weighted by atomic mass is 9.84. The summed E-state index contributed by atoms with van der Waals surface area (Å²) in [5, 5.41) is 4.22. The molecule has 1 N–H and O–H groups in total. The maximum absolute atomic E-state index is 13.0. The number of fused-ring (bicyclic) bond motifs is 4. The molecule has 1 atom stereocenters. The van der Waals surface area contributed by atoms with Crippen molar-refractivity contribution < 1.29 is 9.21 Å². The first kappa shape index (κ1) is 18.0. The van der Waals surface area contributed by atoms with Gasteiger partial charge in [-0.05, 0) is 62.2 Å². The van der Waals surface area contributed by atoms with Crippen LogP contribution in [0.5, 0.6) is 0 Å². The third-order valence-electron chi connectivity index (χ3n) is 5.80. The molecule has 0 saturated carbocycles. The van der Waals surface area contributed by atoms with Gasteiger partial charge >= 0.3 is 0 Å². The van der Waals surface area contributed by atoms with Gasteiger partial charge in [-0.3, -0.25) is 4.79 Å². The Bertz CT molecular complexity index is 1060. The Labute approximate surface area is 172 Å². The third kappa shape index (κ3) is 3.17. The number of benzene rings is 2. The van der Waals surface area contributed by atoms with Crippen molar-refractivity contribution in [2.24, 2.45) is 5.92 Å². The van der Waals surface area contributed by atoms with Crippen LogP contribution in [0.3, 0.4) is 0 Å². The van der Waals surface area contributed by atoms with Gasteiger partial charge in [0, 0.05) is 17.6 Å². The highest BCUT2D eigenvalue weighted by atomic mass is 35.5. The minimum Gasteiger partial charge on any atom is -0.436 e. The first-order valence-corrected chi connectivity index (χ1v) is 10.2. The molecule has 1 aromatic heterocycles. The molecule has 3 aliphatic heterocycles. The van der Waals surface area contributed by atoms with Crippen molar-refractivity contribution in [1.82, 2.24) is 15.2 Å². The van der Waals surface area contributed by atoms with Crippen LogP contribution in [0.2, 0.25) is 10.0 Å². The van der Waals surface area contributed by atoms with E-state index in [0.717, 1.165) is 32.5 Å². The molecule has 144 valence electrons. The van der Waals surface area contributed by atoms with E-state index in [1.165, 1.54) is 0 Å². The molecule has 28 heavy (non-hydrogen) atoms. The number of nitrogens with one attached hydrogen (secondary N) is 1. The number of para-hydroxylation sites is 1. The predicted molar refractivity (Wildman–Crippen MR) is 110 cm³/mol. The Morgan fingerprint density at radius 1 is 1.18 bits per heavy atom. The average Bonchev–Trinajstić information content (AvgIpc) is 3.12. The molecule has 5 nitrogen and oxygen atoms in total. The number of aromatic nitrogens is 1. The zero-order valence-electron chi connectivity index (χ0n) is 15.1. The molecule has 0 radical (unpaired) electrons. The smallest absolute Gasteiger partial charge is 0.253 e. The topological polar surface area (TPSA) is 58.4 Å². The molecule has 1 amide bonds. The van der Waals surface area contributed by atoms with Crippen LogP contribution in [0.25, 0.3) is 22.6 Å². The maximum atomic E-state index is 13.0. The summed E-state index contributed by atoms with van der Waals surface area (Å²) < 4.78 is 5.88. The molecule has 6 rings (SSSR count). The summed E-state index contributed by atoms with van der Waals surface area (Å²) >= 11 is 12.3. The minimum absolute atomic E-state index is 0.105. The normalized spacial score (nSPS) is 23.9. The Hall–Kier alpha value is -2.08. The number of halogens is 2. The molecule has 3 aliphatic rings. The number of carbonyl (C=O) groups is 1. The Kier molecular flexibility index (Phi) is 4.54. The minimum atomic E-state index is -0.105. The summed E-state index contributed by atoms with van der Waals surface area (Å²) in [5.41, 5.74) is 2.27. The number of nitrogens with zero attached hydrogens (tertiary/aromatic N) is 2. The number of oxazole rings is 1. The van der Waals surface area contributed by atoms with Gasteiger partial charge in [0.25, 0.3) is 5.91 Å². The van der Waals surface area contributed by atoms with Crippen molar-refractivity contribution >= 4 is 40.2 Å². The lowest BCUT2D eigenvalue weighted by Crippen LogP contribution is -2.57. The molecule has 2 aromatic carbocycles. The Balaban J connectivity index is 1.46. The molecular weight excluding hydrogens is 397 g/mol. The largest absolute Gasteiger partial charge is 0.436 e. The van der Waals surface area contributed by atoms with E-state index >= 15 is 0 Å². The molecule has 0 aliphatic carbocycles. The van der Waals surface area contributed by atoms with Crippen LogP contribution in [0.15, 0.2) is 40.8 Å². The van der Waals surface area contributed by atoms with E-state index in [1.807, 2.05) is 6.07 Å². The van der Waals surface area contributed by atoms with Gasteiger partial charge in [-0.15, -0.1) is 0 Å². The zero-order valence-corrected chi connectivity index (χ0v) is 16.6. The maximum Gasteiger partial charge on any atom is 0.253 e. The van der Waals surface area contributed by atoms with Crippen LogP contribution in [-0.2, 0) is 0 Å². The standard InChI is InChI=1S/C21H19Cl2N3O2/c22-13-4-5-14(16(23)10-13)21-25-19-15(2-1-3-18(19)28-21)20(27)24-17-11-26-8-6-12(17)7-9-26/h1-5,10,12,17H,6-9,11H2,(H,24,27). The summed E-state index contributed by atoms with van der Waals surface area (Å²) in [6.07, 6.45) is 2.30. The van der Waals surface area contributed by atoms with Crippen LogP contribution in [0.1, 0.15) is 23.2 Å². The molecular formula is C21H19Cl2N3O2. The van der Waals surface area contributed by atoms with Gasteiger partial charge in [-0.2, -0.15) is 0 Å². The molecule has 3 aromatic rings. The second kappa shape index (κ2) is 7.07. The van der Waals surface area contributed by atoms with Gasteiger partial charge < -0.3 is 14.6 Å².